The summed E-state index contributed by atoms with van der Waals surface area (Å²) in [7, 11) is 0. The summed E-state index contributed by atoms with van der Waals surface area (Å²) in [5.41, 5.74) is 2.89. The Balaban J connectivity index is 2.09. The second kappa shape index (κ2) is 3.69. The molecular weight excluding hydrogens is 234 g/mol. The van der Waals surface area contributed by atoms with E-state index in [4.69, 9.17) is 9.52 Å². The van der Waals surface area contributed by atoms with Crippen LogP contribution in [0.1, 0.15) is 16.5 Å². The van der Waals surface area contributed by atoms with Crippen LogP contribution in [0.15, 0.2) is 28.8 Å². The number of hydrogen-bond donors (Lipinski definition) is 2. The summed E-state index contributed by atoms with van der Waals surface area (Å²) >= 11 is 0. The zero-order chi connectivity index (χ0) is 12.7. The first kappa shape index (κ1) is 10.5. The first-order valence-electron chi connectivity index (χ1n) is 5.29. The van der Waals surface area contributed by atoms with E-state index in [0.717, 1.165) is 11.1 Å². The molecule has 1 aromatic carbocycles. The lowest BCUT2D eigenvalue weighted by molar-refractivity contribution is 0.0685. The van der Waals surface area contributed by atoms with Gasteiger partial charge in [0.15, 0.2) is 11.5 Å². The normalized spacial score (nSPS) is 10.9. The Hall–Kier alpha value is -2.63. The molecule has 0 aliphatic rings. The number of nitrogens with one attached hydrogen (secondary N) is 1. The number of nitrogens with zero attached hydrogens (tertiary/aromatic N) is 2. The third-order valence-electron chi connectivity index (χ3n) is 2.58. The summed E-state index contributed by atoms with van der Waals surface area (Å²) in [6.07, 6.45) is 1.48. The quantitative estimate of drug-likeness (QED) is 0.720. The van der Waals surface area contributed by atoms with Crippen LogP contribution in [-0.2, 0) is 0 Å². The number of aromatic amines is 1. The molecular formula is C12H9N3O3. The highest BCUT2D eigenvalue weighted by Crippen LogP contribution is 2.23. The Bertz CT molecular complexity index is 742. The number of carbonyl (C=O) groups is 1. The van der Waals surface area contributed by atoms with E-state index >= 15 is 0 Å². The zero-order valence-electron chi connectivity index (χ0n) is 9.47. The van der Waals surface area contributed by atoms with Crippen LogP contribution in [-0.4, -0.2) is 26.0 Å². The molecule has 2 heterocycles. The second-order valence-electron chi connectivity index (χ2n) is 3.87. The van der Waals surface area contributed by atoms with Crippen LogP contribution in [0.2, 0.25) is 0 Å². The lowest BCUT2D eigenvalue weighted by Crippen LogP contribution is -1.98. The molecule has 0 bridgehead atoms. The molecule has 0 saturated heterocycles. The Kier molecular flexibility index (Phi) is 2.16. The van der Waals surface area contributed by atoms with Gasteiger partial charge in [-0.05, 0) is 18.2 Å². The van der Waals surface area contributed by atoms with E-state index in [1.54, 1.807) is 13.0 Å². The molecule has 3 rings (SSSR count). The summed E-state index contributed by atoms with van der Waals surface area (Å²) < 4.78 is 5.37. The highest BCUT2D eigenvalue weighted by Gasteiger charge is 2.10. The molecule has 3 aromatic rings. The van der Waals surface area contributed by atoms with Gasteiger partial charge in [0.05, 0.1) is 11.9 Å². The first-order valence-corrected chi connectivity index (χ1v) is 5.29. The van der Waals surface area contributed by atoms with E-state index in [2.05, 4.69) is 15.0 Å². The maximum Gasteiger partial charge on any atom is 0.371 e. The molecule has 2 aromatic heterocycles. The molecule has 0 aliphatic carbocycles. The number of aromatic carboxylic acids is 1. The van der Waals surface area contributed by atoms with E-state index in [0.29, 0.717) is 17.2 Å². The molecule has 18 heavy (non-hydrogen) atoms. The van der Waals surface area contributed by atoms with Gasteiger partial charge < -0.3 is 14.5 Å². The predicted octanol–water partition coefficient (Wildman–Crippen LogP) is 2.22. The van der Waals surface area contributed by atoms with Gasteiger partial charge in [0.1, 0.15) is 5.52 Å². The largest absolute Gasteiger partial charge is 0.475 e. The van der Waals surface area contributed by atoms with Crippen molar-refractivity contribution >= 4 is 17.1 Å². The van der Waals surface area contributed by atoms with Gasteiger partial charge in [-0.1, -0.05) is 0 Å². The number of carboxylic acids is 1. The minimum Gasteiger partial charge on any atom is -0.475 e. The van der Waals surface area contributed by atoms with Crippen LogP contribution in [0.5, 0.6) is 0 Å². The smallest absolute Gasteiger partial charge is 0.371 e. The van der Waals surface area contributed by atoms with Crippen molar-refractivity contribution in [3.05, 3.63) is 36.1 Å². The maximum atomic E-state index is 10.7. The lowest BCUT2D eigenvalue weighted by Gasteiger charge is -1.95. The van der Waals surface area contributed by atoms with Crippen molar-refractivity contribution in [3.8, 4) is 11.3 Å². The number of aryl methyl sites for hydroxylation is 1. The summed E-state index contributed by atoms with van der Waals surface area (Å²) in [5.74, 6) is -0.570. The molecule has 0 spiro atoms. The van der Waals surface area contributed by atoms with Crippen molar-refractivity contribution in [2.45, 2.75) is 6.92 Å². The average Bonchev–Trinajstić information content (AvgIpc) is 2.91. The molecule has 0 fully saturated rings. The molecule has 0 atom stereocenters. The topological polar surface area (TPSA) is 92.0 Å². The molecule has 6 heteroatoms. The van der Waals surface area contributed by atoms with Crippen molar-refractivity contribution in [2.24, 2.45) is 0 Å². The van der Waals surface area contributed by atoms with Crippen LogP contribution >= 0.6 is 0 Å². The van der Waals surface area contributed by atoms with Gasteiger partial charge in [0.25, 0.3) is 0 Å². The number of fused-ring (bicyclic) bond motifs is 1. The van der Waals surface area contributed by atoms with Crippen LogP contribution in [0.3, 0.4) is 0 Å². The Morgan fingerprint density at radius 2 is 2.28 bits per heavy atom. The number of imidazole rings is 1. The van der Waals surface area contributed by atoms with Gasteiger partial charge in [-0.3, -0.25) is 0 Å². The minimum absolute atomic E-state index is 0.0820. The number of H-pyrrole nitrogens is 1. The van der Waals surface area contributed by atoms with Crippen molar-refractivity contribution in [3.63, 3.8) is 0 Å². The Morgan fingerprint density at radius 3 is 3.00 bits per heavy atom. The minimum atomic E-state index is -1.08. The number of oxazole rings is 1. The van der Waals surface area contributed by atoms with E-state index in [9.17, 15) is 4.79 Å². The zero-order valence-corrected chi connectivity index (χ0v) is 9.47. The fourth-order valence-electron chi connectivity index (χ4n) is 1.79. The van der Waals surface area contributed by atoms with Crippen LogP contribution < -0.4 is 0 Å². The SMILES string of the molecule is Cc1nc2cc(-c3cnc(C(=O)O)[nH]3)ccc2o1. The van der Waals surface area contributed by atoms with Crippen molar-refractivity contribution in [2.75, 3.05) is 0 Å². The Morgan fingerprint density at radius 1 is 1.44 bits per heavy atom. The number of benzene rings is 1. The molecule has 0 radical (unpaired) electrons. The second-order valence-corrected chi connectivity index (χ2v) is 3.87. The molecule has 6 nitrogen and oxygen atoms in total. The molecule has 0 saturated carbocycles. The fourth-order valence-corrected chi connectivity index (χ4v) is 1.79. The summed E-state index contributed by atoms with van der Waals surface area (Å²) in [6, 6.07) is 5.45. The van der Waals surface area contributed by atoms with Crippen molar-refractivity contribution in [1.29, 1.82) is 0 Å². The first-order chi connectivity index (χ1) is 8.63. The molecule has 2 N–H and O–H groups in total. The third kappa shape index (κ3) is 1.64. The predicted molar refractivity (Wildman–Crippen MR) is 63.3 cm³/mol. The highest BCUT2D eigenvalue weighted by atomic mass is 16.4. The molecule has 90 valence electrons. The van der Waals surface area contributed by atoms with Gasteiger partial charge >= 0.3 is 5.97 Å². The third-order valence-corrected chi connectivity index (χ3v) is 2.58. The lowest BCUT2D eigenvalue weighted by atomic mass is 10.1. The number of rotatable bonds is 2. The molecule has 0 unspecified atom stereocenters. The highest BCUT2D eigenvalue weighted by molar-refractivity contribution is 5.85. The molecule has 0 aliphatic heterocycles. The molecule has 0 amide bonds. The van der Waals surface area contributed by atoms with Gasteiger partial charge in [-0.25, -0.2) is 14.8 Å². The summed E-state index contributed by atoms with van der Waals surface area (Å²) in [5, 5.41) is 8.80. The van der Waals surface area contributed by atoms with Crippen LogP contribution in [0.25, 0.3) is 22.4 Å². The van der Waals surface area contributed by atoms with E-state index in [1.165, 1.54) is 6.20 Å². The number of aromatic nitrogens is 3. The van der Waals surface area contributed by atoms with E-state index in [1.807, 2.05) is 12.1 Å². The maximum absolute atomic E-state index is 10.7. The average molecular weight is 243 g/mol. The van der Waals surface area contributed by atoms with E-state index < -0.39 is 5.97 Å². The fraction of sp³-hybridized carbons (Fsp3) is 0.0833. The van der Waals surface area contributed by atoms with Crippen LogP contribution in [0, 0.1) is 6.92 Å². The van der Waals surface area contributed by atoms with Gasteiger partial charge in [-0.2, -0.15) is 0 Å². The van der Waals surface area contributed by atoms with Gasteiger partial charge in [0.2, 0.25) is 5.82 Å². The summed E-state index contributed by atoms with van der Waals surface area (Å²) in [4.78, 5) is 21.5. The van der Waals surface area contributed by atoms with Crippen molar-refractivity contribution in [1.82, 2.24) is 15.0 Å². The van der Waals surface area contributed by atoms with Gasteiger partial charge in [0, 0.05) is 12.5 Å². The Labute approximate surface area is 101 Å². The summed E-state index contributed by atoms with van der Waals surface area (Å²) in [6.45, 7) is 1.78. The number of carboxylic acid groups (broad SMARTS) is 1. The standard InChI is InChI=1S/C12H9N3O3/c1-6-14-8-4-7(2-3-10(8)18-6)9-5-13-11(15-9)12(16)17/h2-5H,1H3,(H,13,15)(H,16,17). The number of hydrogen-bond acceptors (Lipinski definition) is 4. The van der Waals surface area contributed by atoms with Crippen LogP contribution in [0.4, 0.5) is 0 Å². The monoisotopic (exact) mass is 243 g/mol. The van der Waals surface area contributed by atoms with Crippen molar-refractivity contribution < 1.29 is 14.3 Å². The van der Waals surface area contributed by atoms with Gasteiger partial charge in [-0.15, -0.1) is 0 Å². The van der Waals surface area contributed by atoms with E-state index in [-0.39, 0.29) is 5.82 Å².